The van der Waals surface area contributed by atoms with E-state index in [2.05, 4.69) is 15.3 Å². The number of aromatic nitrogens is 2. The zero-order chi connectivity index (χ0) is 18.4. The number of nitrogens with one attached hydrogen (secondary N) is 1. The van der Waals surface area contributed by atoms with Gasteiger partial charge in [0, 0.05) is 65.0 Å². The van der Waals surface area contributed by atoms with Crippen LogP contribution in [0.2, 0.25) is 0 Å². The van der Waals surface area contributed by atoms with Crippen LogP contribution in [0.3, 0.4) is 0 Å². The number of urea groups is 1. The lowest BCUT2D eigenvalue weighted by molar-refractivity contribution is -0.148. The molecule has 2 saturated heterocycles. The number of anilines is 2. The zero-order valence-electron chi connectivity index (χ0n) is 15.0. The van der Waals surface area contributed by atoms with Crippen molar-refractivity contribution in [2.45, 2.75) is 6.92 Å². The Morgan fingerprint density at radius 2 is 2.04 bits per heavy atom. The molecule has 3 heterocycles. The summed E-state index contributed by atoms with van der Waals surface area (Å²) in [6.45, 7) is 3.36. The maximum absolute atomic E-state index is 12.2. The van der Waals surface area contributed by atoms with Crippen LogP contribution in [0.1, 0.15) is 5.69 Å². The molecule has 0 bridgehead atoms. The molecule has 2 aliphatic rings. The highest BCUT2D eigenvalue weighted by atomic mass is 16.4. The Bertz CT molecular complexity index is 709. The normalized spacial score (nSPS) is 25.0. The molecule has 9 heteroatoms. The van der Waals surface area contributed by atoms with E-state index in [1.165, 1.54) is 4.90 Å². The molecule has 2 atom stereocenters. The monoisotopic (exact) mass is 348 g/mol. The Morgan fingerprint density at radius 1 is 1.32 bits per heavy atom. The molecule has 0 spiro atoms. The van der Waals surface area contributed by atoms with E-state index in [-0.39, 0.29) is 18.5 Å². The first kappa shape index (κ1) is 17.2. The van der Waals surface area contributed by atoms with Crippen LogP contribution in [-0.4, -0.2) is 84.2 Å². The molecule has 9 nitrogen and oxygen atoms in total. The Morgan fingerprint density at radius 3 is 2.60 bits per heavy atom. The number of rotatable bonds is 3. The number of amides is 2. The van der Waals surface area contributed by atoms with Crippen molar-refractivity contribution in [3.8, 4) is 0 Å². The van der Waals surface area contributed by atoms with Gasteiger partial charge in [-0.1, -0.05) is 0 Å². The van der Waals surface area contributed by atoms with Crippen molar-refractivity contribution in [2.75, 3.05) is 57.5 Å². The lowest BCUT2D eigenvalue weighted by Crippen LogP contribution is -2.44. The van der Waals surface area contributed by atoms with E-state index in [0.717, 1.165) is 5.69 Å². The first-order valence-electron chi connectivity index (χ1n) is 8.25. The molecule has 0 saturated carbocycles. The van der Waals surface area contributed by atoms with Gasteiger partial charge >= 0.3 is 12.0 Å². The van der Waals surface area contributed by atoms with Crippen LogP contribution < -0.4 is 10.2 Å². The van der Waals surface area contributed by atoms with E-state index in [9.17, 15) is 14.7 Å². The lowest BCUT2D eigenvalue weighted by Gasteiger charge is -2.27. The van der Waals surface area contributed by atoms with Gasteiger partial charge in [0.15, 0.2) is 0 Å². The number of carboxylic acids is 1. The van der Waals surface area contributed by atoms with Gasteiger partial charge in [-0.05, 0) is 6.92 Å². The molecule has 0 unspecified atom stereocenters. The summed E-state index contributed by atoms with van der Waals surface area (Å²) in [6, 6.07) is 1.69. The van der Waals surface area contributed by atoms with Gasteiger partial charge in [0.1, 0.15) is 11.2 Å². The summed E-state index contributed by atoms with van der Waals surface area (Å²) in [6.07, 6.45) is 0. The molecule has 2 aliphatic heterocycles. The number of carbonyl (C=O) groups excluding carboxylic acids is 1. The molecule has 25 heavy (non-hydrogen) atoms. The van der Waals surface area contributed by atoms with E-state index < -0.39 is 11.4 Å². The fraction of sp³-hybridized carbons (Fsp3) is 0.625. The molecule has 0 radical (unpaired) electrons. The predicted octanol–water partition coefficient (Wildman–Crippen LogP) is 0.331. The summed E-state index contributed by atoms with van der Waals surface area (Å²) in [4.78, 5) is 38.3. The largest absolute Gasteiger partial charge is 0.481 e. The number of hydrogen-bond donors (Lipinski definition) is 2. The summed E-state index contributed by atoms with van der Waals surface area (Å²) >= 11 is 0. The molecule has 2 amide bonds. The van der Waals surface area contributed by atoms with E-state index in [1.807, 2.05) is 17.9 Å². The number of nitrogens with zero attached hydrogens (tertiary/aromatic N) is 5. The molecule has 3 rings (SSSR count). The fourth-order valence-corrected chi connectivity index (χ4v) is 3.77. The molecule has 0 aliphatic carbocycles. The Hall–Kier alpha value is -2.58. The molecule has 2 N–H and O–H groups in total. The zero-order valence-corrected chi connectivity index (χ0v) is 15.0. The Kier molecular flexibility index (Phi) is 4.18. The maximum Gasteiger partial charge on any atom is 0.319 e. The third kappa shape index (κ3) is 2.83. The SMILES string of the molecule is CNc1cc(C)nc(N2C[C@@H]3CN(C(=O)N(C)C)C[C@]3(C(=O)O)C2)n1. The van der Waals surface area contributed by atoms with Crippen molar-refractivity contribution >= 4 is 23.8 Å². The highest BCUT2D eigenvalue weighted by Crippen LogP contribution is 2.44. The standard InChI is InChI=1S/C16H24N6O3/c1-10-5-12(17-2)19-14(18-10)21-6-11-7-22(15(25)20(3)4)9-16(11,8-21)13(23)24/h5,11H,6-9H2,1-4H3,(H,23,24)(H,17,18,19)/t11-,16-/m1/s1. The number of aryl methyl sites for hydroxylation is 1. The Balaban J connectivity index is 1.86. The molecular formula is C16H24N6O3. The van der Waals surface area contributed by atoms with Crippen LogP contribution in [0.15, 0.2) is 6.07 Å². The highest BCUT2D eigenvalue weighted by Gasteiger charge is 2.59. The van der Waals surface area contributed by atoms with Gasteiger partial charge in [-0.25, -0.2) is 9.78 Å². The minimum absolute atomic E-state index is 0.143. The van der Waals surface area contributed by atoms with Crippen LogP contribution in [-0.2, 0) is 4.79 Å². The second-order valence-electron chi connectivity index (χ2n) is 7.04. The van der Waals surface area contributed by atoms with Crippen LogP contribution in [0.4, 0.5) is 16.6 Å². The second kappa shape index (κ2) is 6.05. The van der Waals surface area contributed by atoms with E-state index in [4.69, 9.17) is 0 Å². The molecule has 1 aromatic heterocycles. The van der Waals surface area contributed by atoms with E-state index in [0.29, 0.717) is 31.4 Å². The van der Waals surface area contributed by atoms with Crippen molar-refractivity contribution in [1.82, 2.24) is 19.8 Å². The minimum Gasteiger partial charge on any atom is -0.481 e. The van der Waals surface area contributed by atoms with Crippen molar-refractivity contribution in [2.24, 2.45) is 11.3 Å². The van der Waals surface area contributed by atoms with Gasteiger partial charge in [0.2, 0.25) is 5.95 Å². The summed E-state index contributed by atoms with van der Waals surface area (Å²) in [5, 5.41) is 12.9. The molecule has 0 aromatic carbocycles. The fourth-order valence-electron chi connectivity index (χ4n) is 3.77. The first-order chi connectivity index (χ1) is 11.8. The number of fused-ring (bicyclic) bond motifs is 1. The van der Waals surface area contributed by atoms with E-state index >= 15 is 0 Å². The van der Waals surface area contributed by atoms with Gasteiger partial charge in [-0.15, -0.1) is 0 Å². The summed E-state index contributed by atoms with van der Waals surface area (Å²) in [7, 11) is 5.14. The summed E-state index contributed by atoms with van der Waals surface area (Å²) < 4.78 is 0. The Labute approximate surface area is 146 Å². The predicted molar refractivity (Wildman–Crippen MR) is 92.7 cm³/mol. The van der Waals surface area contributed by atoms with Crippen LogP contribution in [0, 0.1) is 18.3 Å². The van der Waals surface area contributed by atoms with Gasteiger partial charge in [-0.2, -0.15) is 4.98 Å². The van der Waals surface area contributed by atoms with Crippen molar-refractivity contribution in [3.63, 3.8) is 0 Å². The average Bonchev–Trinajstić information content (AvgIpc) is 3.08. The quantitative estimate of drug-likeness (QED) is 0.811. The van der Waals surface area contributed by atoms with Crippen LogP contribution >= 0.6 is 0 Å². The number of carboxylic acid groups (broad SMARTS) is 1. The molecule has 136 valence electrons. The van der Waals surface area contributed by atoms with Crippen molar-refractivity contribution < 1.29 is 14.7 Å². The maximum atomic E-state index is 12.2. The number of likely N-dealkylation sites (tertiary alicyclic amines) is 1. The van der Waals surface area contributed by atoms with Crippen LogP contribution in [0.5, 0.6) is 0 Å². The smallest absolute Gasteiger partial charge is 0.319 e. The first-order valence-corrected chi connectivity index (χ1v) is 8.25. The molecule has 2 fully saturated rings. The minimum atomic E-state index is -0.974. The van der Waals surface area contributed by atoms with Crippen molar-refractivity contribution in [3.05, 3.63) is 11.8 Å². The number of aliphatic carboxylic acids is 1. The van der Waals surface area contributed by atoms with Crippen molar-refractivity contribution in [1.29, 1.82) is 0 Å². The second-order valence-corrected chi connectivity index (χ2v) is 7.04. The molecule has 1 aromatic rings. The third-order valence-corrected chi connectivity index (χ3v) is 5.07. The average molecular weight is 348 g/mol. The van der Waals surface area contributed by atoms with Gasteiger partial charge < -0.3 is 25.1 Å². The summed E-state index contributed by atoms with van der Waals surface area (Å²) in [5.74, 6) is 0.227. The summed E-state index contributed by atoms with van der Waals surface area (Å²) in [5.41, 5.74) is -0.154. The van der Waals surface area contributed by atoms with Gasteiger partial charge in [-0.3, -0.25) is 4.79 Å². The lowest BCUT2D eigenvalue weighted by atomic mass is 9.81. The highest BCUT2D eigenvalue weighted by molar-refractivity contribution is 5.81. The van der Waals surface area contributed by atoms with E-state index in [1.54, 1.807) is 26.0 Å². The third-order valence-electron chi connectivity index (χ3n) is 5.07. The number of carbonyl (C=O) groups is 2. The van der Waals surface area contributed by atoms with Crippen LogP contribution in [0.25, 0.3) is 0 Å². The van der Waals surface area contributed by atoms with Gasteiger partial charge in [0.25, 0.3) is 0 Å². The molecular weight excluding hydrogens is 324 g/mol. The number of hydrogen-bond acceptors (Lipinski definition) is 6. The topological polar surface area (TPSA) is 102 Å². The van der Waals surface area contributed by atoms with Gasteiger partial charge in [0.05, 0.1) is 0 Å².